The van der Waals surface area contributed by atoms with Crippen LogP contribution >= 0.6 is 0 Å². The Bertz CT molecular complexity index is 446. The summed E-state index contributed by atoms with van der Waals surface area (Å²) in [6, 6.07) is 0. The maximum Gasteiger partial charge on any atom is 0.254 e. The van der Waals surface area contributed by atoms with Crippen LogP contribution in [-0.2, 0) is 8.23 Å². The molecule has 136 valence electrons. The number of hydrogen-bond donors (Lipinski definition) is 0. The van der Waals surface area contributed by atoms with Crippen LogP contribution in [0.3, 0.4) is 0 Å². The van der Waals surface area contributed by atoms with Crippen LogP contribution in [0, 0.1) is 0 Å². The van der Waals surface area contributed by atoms with Crippen LogP contribution in [0.4, 0.5) is 0 Å². The summed E-state index contributed by atoms with van der Waals surface area (Å²) in [6.45, 7) is 35.5. The number of hydrogen-bond acceptors (Lipinski definition) is 2. The fraction of sp³-hybridized carbons (Fsp3) is 0.333. The SMILES string of the molecule is C=C[Si](C)(C)O[Si](C=C)(C=C)C=C.C=C[Si](C)(C=C)O[Si](C)(C)C. The minimum atomic E-state index is -2.09. The van der Waals surface area contributed by atoms with Gasteiger partial charge in [-0.2, -0.15) is 0 Å². The van der Waals surface area contributed by atoms with Gasteiger partial charge in [0.1, 0.15) is 0 Å². The smallest absolute Gasteiger partial charge is 0.254 e. The maximum absolute atomic E-state index is 6.03. The highest BCUT2D eigenvalue weighted by Gasteiger charge is 2.31. The van der Waals surface area contributed by atoms with Gasteiger partial charge in [0, 0.05) is 0 Å². The monoisotopic (exact) mass is 396 g/mol. The molecule has 0 rings (SSSR count). The standard InChI is InChI=1S/C10H18OSi2.C8H18OSi2/c1-7-12(5,6)11-13(8-2,9-3)10-4;1-7-11(6,8-2)9-10(3,4)5/h7-10H,1-4H2,5-6H3;7-8H,1-2H2,3-6H3. The van der Waals surface area contributed by atoms with Crippen LogP contribution in [0.2, 0.25) is 39.3 Å². The summed E-state index contributed by atoms with van der Waals surface area (Å²) in [7, 11) is -7.01. The third-order valence-corrected chi connectivity index (χ3v) is 15.5. The van der Waals surface area contributed by atoms with E-state index in [0.717, 1.165) is 0 Å². The fourth-order valence-corrected chi connectivity index (χ4v) is 13.3. The Morgan fingerprint density at radius 1 is 0.542 bits per heavy atom. The molecule has 0 unspecified atom stereocenters. The Morgan fingerprint density at radius 3 is 1.08 bits per heavy atom. The second-order valence-electron chi connectivity index (χ2n) is 7.18. The lowest BCUT2D eigenvalue weighted by Crippen LogP contribution is -2.44. The van der Waals surface area contributed by atoms with E-state index in [-0.39, 0.29) is 0 Å². The molecule has 0 saturated heterocycles. The molecule has 0 amide bonds. The van der Waals surface area contributed by atoms with Crippen molar-refractivity contribution < 1.29 is 8.23 Å². The zero-order valence-corrected chi connectivity index (χ0v) is 20.5. The second-order valence-corrected chi connectivity index (χ2v) is 22.8. The third-order valence-electron chi connectivity index (χ3n) is 3.23. The van der Waals surface area contributed by atoms with E-state index in [1.54, 1.807) is 0 Å². The van der Waals surface area contributed by atoms with Gasteiger partial charge in [-0.15, -0.1) is 39.5 Å². The molecule has 0 atom stereocenters. The molecule has 0 aliphatic rings. The van der Waals surface area contributed by atoms with Crippen molar-refractivity contribution in [1.82, 2.24) is 0 Å². The van der Waals surface area contributed by atoms with E-state index in [1.165, 1.54) is 0 Å². The van der Waals surface area contributed by atoms with E-state index >= 15 is 0 Å². The van der Waals surface area contributed by atoms with Gasteiger partial charge < -0.3 is 8.23 Å². The molecule has 0 heterocycles. The van der Waals surface area contributed by atoms with Gasteiger partial charge in [0.2, 0.25) is 8.32 Å². The average Bonchev–Trinajstić information content (AvgIpc) is 2.51. The van der Waals surface area contributed by atoms with Crippen molar-refractivity contribution in [1.29, 1.82) is 0 Å². The summed E-state index contributed by atoms with van der Waals surface area (Å²) in [4.78, 5) is 0. The molecular formula is C18H36O2Si4. The van der Waals surface area contributed by atoms with Crippen LogP contribution in [-0.4, -0.2) is 33.3 Å². The van der Waals surface area contributed by atoms with Crippen molar-refractivity contribution in [2.75, 3.05) is 0 Å². The Morgan fingerprint density at radius 2 is 0.917 bits per heavy atom. The molecule has 0 aliphatic heterocycles. The van der Waals surface area contributed by atoms with E-state index in [0.29, 0.717) is 0 Å². The Labute approximate surface area is 154 Å². The molecule has 0 saturated carbocycles. The first kappa shape index (κ1) is 25.5. The van der Waals surface area contributed by atoms with E-state index in [4.69, 9.17) is 8.23 Å². The number of rotatable bonds is 10. The average molecular weight is 397 g/mol. The van der Waals surface area contributed by atoms with Gasteiger partial charge in [-0.3, -0.25) is 0 Å². The van der Waals surface area contributed by atoms with Gasteiger partial charge in [0.15, 0.2) is 16.6 Å². The van der Waals surface area contributed by atoms with Crippen molar-refractivity contribution in [3.8, 4) is 0 Å². The quantitative estimate of drug-likeness (QED) is 0.427. The molecule has 0 spiro atoms. The first-order chi connectivity index (χ1) is 10.8. The lowest BCUT2D eigenvalue weighted by molar-refractivity contribution is 0.571. The molecule has 0 bridgehead atoms. The van der Waals surface area contributed by atoms with Gasteiger partial charge in [-0.05, 0) is 39.3 Å². The van der Waals surface area contributed by atoms with Crippen molar-refractivity contribution in [2.45, 2.75) is 39.3 Å². The highest BCUT2D eigenvalue weighted by atomic mass is 28.4. The van der Waals surface area contributed by atoms with Crippen LogP contribution in [0.15, 0.2) is 73.7 Å². The van der Waals surface area contributed by atoms with Crippen molar-refractivity contribution in [3.63, 3.8) is 0 Å². The molecule has 6 heteroatoms. The van der Waals surface area contributed by atoms with E-state index in [1.807, 2.05) is 34.2 Å². The lowest BCUT2D eigenvalue weighted by Gasteiger charge is -2.30. The first-order valence-electron chi connectivity index (χ1n) is 8.00. The van der Waals surface area contributed by atoms with Gasteiger partial charge in [-0.1, -0.05) is 34.2 Å². The van der Waals surface area contributed by atoms with Crippen molar-refractivity contribution in [2.24, 2.45) is 0 Å². The molecule has 0 aromatic heterocycles. The Hall–Kier alpha value is -0.772. The topological polar surface area (TPSA) is 18.5 Å². The molecule has 0 radical (unpaired) electrons. The Kier molecular flexibility index (Phi) is 10.9. The fourth-order valence-electron chi connectivity index (χ4n) is 1.70. The zero-order valence-electron chi connectivity index (χ0n) is 16.5. The van der Waals surface area contributed by atoms with Crippen LogP contribution in [0.25, 0.3) is 0 Å². The zero-order chi connectivity index (χ0) is 19.7. The normalized spacial score (nSPS) is 12.2. The third kappa shape index (κ3) is 10.2. The summed E-state index contributed by atoms with van der Waals surface area (Å²) in [5.41, 5.74) is 11.3. The molecule has 24 heavy (non-hydrogen) atoms. The predicted molar refractivity (Wildman–Crippen MR) is 122 cm³/mol. The maximum atomic E-state index is 6.03. The van der Waals surface area contributed by atoms with Gasteiger partial charge in [0.05, 0.1) is 0 Å². The highest BCUT2D eigenvalue weighted by Crippen LogP contribution is 2.18. The lowest BCUT2D eigenvalue weighted by atomic mass is 11.2. The largest absolute Gasteiger partial charge is 0.450 e. The molecule has 0 fully saturated rings. The van der Waals surface area contributed by atoms with E-state index in [9.17, 15) is 0 Å². The van der Waals surface area contributed by atoms with Crippen molar-refractivity contribution in [3.05, 3.63) is 73.7 Å². The van der Waals surface area contributed by atoms with Crippen molar-refractivity contribution >= 4 is 33.3 Å². The highest BCUT2D eigenvalue weighted by molar-refractivity contribution is 6.96. The summed E-state index contributed by atoms with van der Waals surface area (Å²) in [6.07, 6.45) is 0. The molecule has 0 aliphatic carbocycles. The minimum absolute atomic E-state index is 1.42. The molecule has 0 N–H and O–H groups in total. The van der Waals surface area contributed by atoms with Crippen LogP contribution in [0.1, 0.15) is 0 Å². The van der Waals surface area contributed by atoms with E-state index in [2.05, 4.69) is 78.8 Å². The molecule has 0 aromatic carbocycles. The predicted octanol–water partition coefficient (Wildman–Crippen LogP) is 5.92. The summed E-state index contributed by atoms with van der Waals surface area (Å²) < 4.78 is 12.0. The Balaban J connectivity index is 0. The first-order valence-corrected chi connectivity index (χ1v) is 19.1. The van der Waals surface area contributed by atoms with Crippen LogP contribution < -0.4 is 0 Å². The van der Waals surface area contributed by atoms with Gasteiger partial charge in [-0.25, -0.2) is 0 Å². The summed E-state index contributed by atoms with van der Waals surface area (Å²) >= 11 is 0. The summed E-state index contributed by atoms with van der Waals surface area (Å²) in [5, 5.41) is 0. The molecular weight excluding hydrogens is 361 g/mol. The van der Waals surface area contributed by atoms with E-state index < -0.39 is 33.3 Å². The van der Waals surface area contributed by atoms with Gasteiger partial charge in [0.25, 0.3) is 8.32 Å². The van der Waals surface area contributed by atoms with Gasteiger partial charge >= 0.3 is 0 Å². The summed E-state index contributed by atoms with van der Waals surface area (Å²) in [5.74, 6) is 0. The van der Waals surface area contributed by atoms with Crippen LogP contribution in [0.5, 0.6) is 0 Å². The molecule has 0 aromatic rings. The minimum Gasteiger partial charge on any atom is -0.450 e. The second kappa shape index (κ2) is 10.3. The molecule has 2 nitrogen and oxygen atoms in total.